The lowest BCUT2D eigenvalue weighted by Crippen LogP contribution is -2.42. The van der Waals surface area contributed by atoms with Gasteiger partial charge in [-0.05, 0) is 44.7 Å². The summed E-state index contributed by atoms with van der Waals surface area (Å²) in [6.45, 7) is 2.91. The summed E-state index contributed by atoms with van der Waals surface area (Å²) in [5.74, 6) is -0.218. The topological polar surface area (TPSA) is 69.6 Å². The minimum atomic E-state index is -0.187. The van der Waals surface area contributed by atoms with Crippen LogP contribution in [0.5, 0.6) is 0 Å². The summed E-state index contributed by atoms with van der Waals surface area (Å²) in [5.41, 5.74) is 0. The maximum Gasteiger partial charge on any atom is 0.261 e. The van der Waals surface area contributed by atoms with Crippen LogP contribution in [0.25, 0.3) is 0 Å². The highest BCUT2D eigenvalue weighted by molar-refractivity contribution is 7.13. The van der Waals surface area contributed by atoms with E-state index in [-0.39, 0.29) is 31.0 Å². The lowest BCUT2D eigenvalue weighted by atomic mass is 10.1. The van der Waals surface area contributed by atoms with Gasteiger partial charge in [-0.3, -0.25) is 9.59 Å². The first kappa shape index (κ1) is 16.0. The van der Waals surface area contributed by atoms with E-state index in [0.29, 0.717) is 4.88 Å². The molecule has 2 N–H and O–H groups in total. The maximum absolute atomic E-state index is 12.2. The smallest absolute Gasteiger partial charge is 0.261 e. The molecule has 0 aromatic carbocycles. The van der Waals surface area contributed by atoms with E-state index in [9.17, 15) is 9.59 Å². The predicted molar refractivity (Wildman–Crippen MR) is 82.4 cm³/mol. The Hall–Kier alpha value is -1.40. The van der Waals surface area contributed by atoms with Gasteiger partial charge in [-0.2, -0.15) is 0 Å². The summed E-state index contributed by atoms with van der Waals surface area (Å²) >= 11 is 1.43. The van der Waals surface area contributed by atoms with E-state index >= 15 is 0 Å². The zero-order valence-corrected chi connectivity index (χ0v) is 13.1. The fraction of sp³-hybridized carbons (Fsp3) is 0.600. The van der Waals surface area contributed by atoms with Crippen molar-refractivity contribution in [1.82, 2.24) is 10.2 Å². The molecule has 0 saturated carbocycles. The average Bonchev–Trinajstić information content (AvgIpc) is 3.10. The van der Waals surface area contributed by atoms with Crippen LogP contribution in [0, 0.1) is 6.92 Å². The number of rotatable bonds is 6. The van der Waals surface area contributed by atoms with Crippen molar-refractivity contribution in [3.05, 3.63) is 21.9 Å². The third-order valence-corrected chi connectivity index (χ3v) is 4.76. The van der Waals surface area contributed by atoms with Crippen molar-refractivity contribution in [2.24, 2.45) is 0 Å². The van der Waals surface area contributed by atoms with Gasteiger partial charge in [-0.1, -0.05) is 0 Å². The molecule has 1 fully saturated rings. The number of nitrogens with zero attached hydrogens (tertiary/aromatic N) is 1. The van der Waals surface area contributed by atoms with E-state index in [0.717, 1.165) is 37.1 Å². The molecule has 1 saturated heterocycles. The normalized spacial score (nSPS) is 18.0. The number of aryl methyl sites for hydroxylation is 1. The third-order valence-electron chi connectivity index (χ3n) is 3.76. The van der Waals surface area contributed by atoms with Crippen molar-refractivity contribution >= 4 is 23.2 Å². The van der Waals surface area contributed by atoms with Crippen LogP contribution in [0.15, 0.2) is 12.1 Å². The van der Waals surface area contributed by atoms with E-state index in [1.165, 1.54) is 11.3 Å². The van der Waals surface area contributed by atoms with E-state index < -0.39 is 0 Å². The van der Waals surface area contributed by atoms with Crippen LogP contribution in [0.1, 0.15) is 40.2 Å². The van der Waals surface area contributed by atoms with Gasteiger partial charge in [0.25, 0.3) is 5.91 Å². The van der Waals surface area contributed by atoms with Gasteiger partial charge in [0.1, 0.15) is 0 Å². The summed E-state index contributed by atoms with van der Waals surface area (Å²) in [4.78, 5) is 27.7. The van der Waals surface area contributed by atoms with Crippen molar-refractivity contribution in [1.29, 1.82) is 0 Å². The number of amides is 2. The molecule has 6 heteroatoms. The molecule has 0 radical (unpaired) electrons. The first-order chi connectivity index (χ1) is 10.1. The predicted octanol–water partition coefficient (Wildman–Crippen LogP) is 1.55. The number of likely N-dealkylation sites (tertiary alicyclic amines) is 1. The Labute approximate surface area is 129 Å². The maximum atomic E-state index is 12.2. The zero-order valence-electron chi connectivity index (χ0n) is 12.3. The van der Waals surface area contributed by atoms with Gasteiger partial charge in [0, 0.05) is 24.1 Å². The highest BCUT2D eigenvalue weighted by Gasteiger charge is 2.28. The molecule has 116 valence electrons. The second-order valence-electron chi connectivity index (χ2n) is 5.34. The van der Waals surface area contributed by atoms with Crippen LogP contribution in [0.2, 0.25) is 0 Å². The number of carbonyl (C=O) groups excluding carboxylic acids is 2. The van der Waals surface area contributed by atoms with Crippen LogP contribution in [-0.4, -0.2) is 47.6 Å². The molecular weight excluding hydrogens is 288 g/mol. The first-order valence-electron chi connectivity index (χ1n) is 7.37. The second kappa shape index (κ2) is 7.56. The van der Waals surface area contributed by atoms with E-state index in [1.807, 2.05) is 17.9 Å². The van der Waals surface area contributed by atoms with Gasteiger partial charge in [0.15, 0.2) is 0 Å². The second-order valence-corrected chi connectivity index (χ2v) is 6.63. The fourth-order valence-electron chi connectivity index (χ4n) is 2.69. The van der Waals surface area contributed by atoms with Crippen molar-refractivity contribution < 1.29 is 14.7 Å². The molecule has 0 spiro atoms. The van der Waals surface area contributed by atoms with Crippen LogP contribution in [-0.2, 0) is 4.79 Å². The number of hydrogen-bond donors (Lipinski definition) is 2. The lowest BCUT2D eigenvalue weighted by molar-refractivity contribution is -0.131. The van der Waals surface area contributed by atoms with E-state index in [4.69, 9.17) is 5.11 Å². The highest BCUT2D eigenvalue weighted by Crippen LogP contribution is 2.21. The molecule has 2 rings (SSSR count). The Kier molecular flexibility index (Phi) is 5.76. The van der Waals surface area contributed by atoms with Crippen LogP contribution in [0.3, 0.4) is 0 Å². The Morgan fingerprint density at radius 1 is 1.48 bits per heavy atom. The first-order valence-corrected chi connectivity index (χ1v) is 8.18. The average molecular weight is 310 g/mol. The molecule has 0 aliphatic carbocycles. The molecule has 21 heavy (non-hydrogen) atoms. The van der Waals surface area contributed by atoms with E-state index in [2.05, 4.69) is 5.32 Å². The largest absolute Gasteiger partial charge is 0.396 e. The number of thiophene rings is 1. The van der Waals surface area contributed by atoms with Crippen molar-refractivity contribution in [2.45, 2.75) is 38.6 Å². The van der Waals surface area contributed by atoms with Gasteiger partial charge in [0.05, 0.1) is 11.4 Å². The van der Waals surface area contributed by atoms with Crippen LogP contribution < -0.4 is 5.32 Å². The zero-order chi connectivity index (χ0) is 15.2. The highest BCUT2D eigenvalue weighted by atomic mass is 32.1. The molecule has 1 unspecified atom stereocenters. The molecule has 1 aliphatic rings. The molecule has 1 aliphatic heterocycles. The monoisotopic (exact) mass is 310 g/mol. The molecule has 1 atom stereocenters. The van der Waals surface area contributed by atoms with Gasteiger partial charge in [-0.15, -0.1) is 11.3 Å². The van der Waals surface area contributed by atoms with Crippen molar-refractivity contribution in [2.75, 3.05) is 19.7 Å². The summed E-state index contributed by atoms with van der Waals surface area (Å²) in [6.07, 6.45) is 3.54. The third kappa shape index (κ3) is 4.28. The minimum absolute atomic E-state index is 0.0305. The Morgan fingerprint density at radius 3 is 2.95 bits per heavy atom. The summed E-state index contributed by atoms with van der Waals surface area (Å²) in [6, 6.07) is 3.89. The van der Waals surface area contributed by atoms with Crippen LogP contribution in [0.4, 0.5) is 0 Å². The lowest BCUT2D eigenvalue weighted by Gasteiger charge is -2.24. The van der Waals surface area contributed by atoms with E-state index in [1.54, 1.807) is 6.07 Å². The molecule has 0 bridgehead atoms. The number of hydrogen-bond acceptors (Lipinski definition) is 4. The Morgan fingerprint density at radius 2 is 2.29 bits per heavy atom. The quantitative estimate of drug-likeness (QED) is 0.837. The van der Waals surface area contributed by atoms with Gasteiger partial charge in [-0.25, -0.2) is 0 Å². The standard InChI is InChI=1S/C15H22N2O3S/c1-11-6-7-13(21-11)15(20)16-10-14(19)17-8-2-4-12(17)5-3-9-18/h6-7,12,18H,2-5,8-10H2,1H3,(H,16,20). The molecule has 2 heterocycles. The molecule has 2 amide bonds. The number of aliphatic hydroxyl groups is 1. The summed E-state index contributed by atoms with van der Waals surface area (Å²) < 4.78 is 0. The summed E-state index contributed by atoms with van der Waals surface area (Å²) in [7, 11) is 0. The SMILES string of the molecule is Cc1ccc(C(=O)NCC(=O)N2CCCC2CCCO)s1. The van der Waals surface area contributed by atoms with Gasteiger partial charge in [0.2, 0.25) is 5.91 Å². The van der Waals surface area contributed by atoms with Gasteiger partial charge >= 0.3 is 0 Å². The van der Waals surface area contributed by atoms with Crippen molar-refractivity contribution in [3.8, 4) is 0 Å². The van der Waals surface area contributed by atoms with Gasteiger partial charge < -0.3 is 15.3 Å². The Balaban J connectivity index is 1.82. The number of nitrogens with one attached hydrogen (secondary N) is 1. The number of aliphatic hydroxyl groups excluding tert-OH is 1. The Bertz CT molecular complexity index is 501. The van der Waals surface area contributed by atoms with Crippen LogP contribution >= 0.6 is 11.3 Å². The summed E-state index contributed by atoms with van der Waals surface area (Å²) in [5, 5.41) is 11.6. The minimum Gasteiger partial charge on any atom is -0.396 e. The molecule has 5 nitrogen and oxygen atoms in total. The molecule has 1 aromatic heterocycles. The van der Waals surface area contributed by atoms with Crippen molar-refractivity contribution in [3.63, 3.8) is 0 Å². The molecule has 1 aromatic rings. The molecular formula is C15H22N2O3S. The number of carbonyl (C=O) groups is 2. The fourth-order valence-corrected chi connectivity index (χ4v) is 3.48.